The number of nitrogen functional groups attached to an aromatic ring is 3. The molecular formula is C36H27BF3N3O6. The van der Waals surface area contributed by atoms with Crippen LogP contribution in [0.3, 0.4) is 0 Å². The minimum atomic E-state index is -1.34. The Bertz CT molecular complexity index is 1820. The van der Waals surface area contributed by atoms with Crippen molar-refractivity contribution < 1.29 is 41.3 Å². The van der Waals surface area contributed by atoms with Crippen LogP contribution in [-0.2, 0) is 0 Å². The van der Waals surface area contributed by atoms with E-state index in [1.54, 1.807) is 72.8 Å². The molecule has 0 aliphatic carbocycles. The summed E-state index contributed by atoms with van der Waals surface area (Å²) in [7, 11) is -1.34. The predicted molar refractivity (Wildman–Crippen MR) is 180 cm³/mol. The van der Waals surface area contributed by atoms with Gasteiger partial charge in [-0.2, -0.15) is 0 Å². The minimum absolute atomic E-state index is 0.0324. The molecule has 0 unspecified atom stereocenters. The molecular weight excluding hydrogens is 638 g/mol. The van der Waals surface area contributed by atoms with Crippen molar-refractivity contribution in [3.05, 3.63) is 145 Å². The Morgan fingerprint density at radius 3 is 0.857 bits per heavy atom. The zero-order valence-corrected chi connectivity index (χ0v) is 25.5. The molecule has 0 aliphatic heterocycles. The average Bonchev–Trinajstić information content (AvgIpc) is 3.09. The van der Waals surface area contributed by atoms with Crippen molar-refractivity contribution in [3.8, 4) is 51.7 Å². The second-order valence-corrected chi connectivity index (χ2v) is 10.4. The highest BCUT2D eigenvalue weighted by atomic mass is 19.1. The van der Waals surface area contributed by atoms with Gasteiger partial charge in [-0.3, -0.25) is 0 Å². The van der Waals surface area contributed by atoms with Crippen molar-refractivity contribution in [1.29, 1.82) is 0 Å². The predicted octanol–water partition coefficient (Wildman–Crippen LogP) is 8.75. The summed E-state index contributed by atoms with van der Waals surface area (Å²) in [5.41, 5.74) is 18.3. The van der Waals surface area contributed by atoms with E-state index in [9.17, 15) is 13.2 Å². The van der Waals surface area contributed by atoms with E-state index in [0.29, 0.717) is 51.6 Å². The first-order valence-corrected chi connectivity index (χ1v) is 14.7. The van der Waals surface area contributed by atoms with Crippen LogP contribution in [0.5, 0.6) is 51.7 Å². The first-order chi connectivity index (χ1) is 23.7. The molecule has 0 fully saturated rings. The molecule has 0 saturated heterocycles. The second-order valence-electron chi connectivity index (χ2n) is 10.4. The van der Waals surface area contributed by atoms with Gasteiger partial charge in [-0.1, -0.05) is 0 Å². The SMILES string of the molecule is Nc1ccc(F)c(Oc2ccc(OB(Oc3ccc(Oc4cc(N)ccc4F)cc3)Oc3ccc(Oc4cc(N)ccc4F)cc3)cc2)c1. The first kappa shape index (κ1) is 32.3. The Hall–Kier alpha value is -6.63. The van der Waals surface area contributed by atoms with E-state index in [0.717, 1.165) is 0 Å². The molecule has 246 valence electrons. The van der Waals surface area contributed by atoms with Gasteiger partial charge in [0.1, 0.15) is 34.5 Å². The van der Waals surface area contributed by atoms with Gasteiger partial charge >= 0.3 is 7.32 Å². The lowest BCUT2D eigenvalue weighted by atomic mass is 10.2. The maximum atomic E-state index is 14.2. The minimum Gasteiger partial charge on any atom is -0.490 e. The summed E-state index contributed by atoms with van der Waals surface area (Å²) in [6, 6.07) is 30.9. The summed E-state index contributed by atoms with van der Waals surface area (Å²) in [4.78, 5) is 0. The summed E-state index contributed by atoms with van der Waals surface area (Å²) in [5.74, 6) is 0.138. The largest absolute Gasteiger partial charge is 0.864 e. The molecule has 0 heterocycles. The molecule has 6 aromatic rings. The monoisotopic (exact) mass is 665 g/mol. The molecule has 0 atom stereocenters. The van der Waals surface area contributed by atoms with Crippen LogP contribution in [0.15, 0.2) is 127 Å². The summed E-state index contributed by atoms with van der Waals surface area (Å²) in [6.45, 7) is 0. The number of nitrogens with two attached hydrogens (primary N) is 3. The van der Waals surface area contributed by atoms with Crippen molar-refractivity contribution in [2.24, 2.45) is 0 Å². The molecule has 0 radical (unpaired) electrons. The van der Waals surface area contributed by atoms with Crippen LogP contribution in [0.1, 0.15) is 0 Å². The fourth-order valence-corrected chi connectivity index (χ4v) is 4.34. The van der Waals surface area contributed by atoms with Crippen LogP contribution in [0.2, 0.25) is 0 Å². The molecule has 0 aliphatic rings. The summed E-state index contributed by atoms with van der Waals surface area (Å²) >= 11 is 0. The van der Waals surface area contributed by atoms with Gasteiger partial charge in [-0.15, -0.1) is 0 Å². The normalized spacial score (nSPS) is 10.6. The lowest BCUT2D eigenvalue weighted by Crippen LogP contribution is -2.36. The second kappa shape index (κ2) is 14.4. The quantitative estimate of drug-likeness (QED) is 0.0867. The zero-order chi connectivity index (χ0) is 34.3. The van der Waals surface area contributed by atoms with Crippen LogP contribution in [0.4, 0.5) is 30.2 Å². The van der Waals surface area contributed by atoms with Gasteiger partial charge in [-0.05, 0) is 109 Å². The van der Waals surface area contributed by atoms with E-state index < -0.39 is 24.8 Å². The van der Waals surface area contributed by atoms with Crippen molar-refractivity contribution in [2.75, 3.05) is 17.2 Å². The molecule has 6 rings (SSSR count). The van der Waals surface area contributed by atoms with Gasteiger partial charge in [0.2, 0.25) is 0 Å². The van der Waals surface area contributed by atoms with E-state index in [1.807, 2.05) is 0 Å². The molecule has 0 saturated carbocycles. The summed E-state index contributed by atoms with van der Waals surface area (Å²) < 4.78 is 77.3. The van der Waals surface area contributed by atoms with Gasteiger partial charge in [0.25, 0.3) is 0 Å². The van der Waals surface area contributed by atoms with Crippen LogP contribution >= 0.6 is 0 Å². The molecule has 0 bridgehead atoms. The first-order valence-electron chi connectivity index (χ1n) is 14.7. The summed E-state index contributed by atoms with van der Waals surface area (Å²) in [6.07, 6.45) is 0. The van der Waals surface area contributed by atoms with E-state index in [-0.39, 0.29) is 17.2 Å². The van der Waals surface area contributed by atoms with Crippen molar-refractivity contribution in [1.82, 2.24) is 0 Å². The molecule has 0 spiro atoms. The van der Waals surface area contributed by atoms with Crippen LogP contribution < -0.4 is 45.4 Å². The average molecular weight is 665 g/mol. The Labute approximate surface area is 279 Å². The highest BCUT2D eigenvalue weighted by Gasteiger charge is 2.30. The van der Waals surface area contributed by atoms with Crippen LogP contribution in [0.25, 0.3) is 0 Å². The Morgan fingerprint density at radius 2 is 0.592 bits per heavy atom. The maximum Gasteiger partial charge on any atom is 0.864 e. The number of benzene rings is 6. The topological polar surface area (TPSA) is 133 Å². The van der Waals surface area contributed by atoms with E-state index in [4.69, 9.17) is 45.4 Å². The lowest BCUT2D eigenvalue weighted by molar-refractivity contribution is 0.306. The number of ether oxygens (including phenoxy) is 3. The number of hydrogen-bond donors (Lipinski definition) is 3. The number of rotatable bonds is 12. The number of anilines is 3. The molecule has 13 heteroatoms. The molecule has 6 aromatic carbocycles. The third kappa shape index (κ3) is 8.60. The van der Waals surface area contributed by atoms with E-state index >= 15 is 0 Å². The van der Waals surface area contributed by atoms with Crippen LogP contribution in [-0.4, -0.2) is 7.32 Å². The van der Waals surface area contributed by atoms with Gasteiger partial charge in [-0.25, -0.2) is 13.2 Å². The molecule has 49 heavy (non-hydrogen) atoms. The Kier molecular flexibility index (Phi) is 9.52. The molecule has 6 N–H and O–H groups in total. The smallest absolute Gasteiger partial charge is 0.490 e. The van der Waals surface area contributed by atoms with Crippen molar-refractivity contribution in [3.63, 3.8) is 0 Å². The van der Waals surface area contributed by atoms with Crippen molar-refractivity contribution >= 4 is 24.4 Å². The molecule has 0 aromatic heterocycles. The highest BCUT2D eigenvalue weighted by Crippen LogP contribution is 2.31. The number of halogens is 3. The van der Waals surface area contributed by atoms with Crippen LogP contribution in [0, 0.1) is 17.5 Å². The fourth-order valence-electron chi connectivity index (χ4n) is 4.34. The van der Waals surface area contributed by atoms with Gasteiger partial charge < -0.3 is 45.4 Å². The molecule has 9 nitrogen and oxygen atoms in total. The standard InChI is InChI=1S/C36H27BF3N3O6/c38-31-16-1-22(41)19-34(31)44-25-4-10-28(11-5-25)47-37(48-29-12-6-26(7-13-29)45-35-20-23(42)2-17-32(35)39)49-30-14-8-27(9-15-30)46-36-21-24(43)3-18-33(36)40/h1-21H,41-43H2. The summed E-state index contributed by atoms with van der Waals surface area (Å²) in [5, 5.41) is 0. The third-order valence-corrected chi connectivity index (χ3v) is 6.72. The Morgan fingerprint density at radius 1 is 0.347 bits per heavy atom. The van der Waals surface area contributed by atoms with Gasteiger partial charge in [0.05, 0.1) is 0 Å². The number of hydrogen-bond acceptors (Lipinski definition) is 9. The van der Waals surface area contributed by atoms with Gasteiger partial charge in [0.15, 0.2) is 34.7 Å². The third-order valence-electron chi connectivity index (χ3n) is 6.72. The maximum absolute atomic E-state index is 14.2. The Balaban J connectivity index is 1.18. The van der Waals surface area contributed by atoms with E-state index in [2.05, 4.69) is 0 Å². The highest BCUT2D eigenvalue weighted by molar-refractivity contribution is 6.39. The molecule has 0 amide bonds. The zero-order valence-electron chi connectivity index (χ0n) is 25.5. The van der Waals surface area contributed by atoms with Gasteiger partial charge in [0, 0.05) is 35.3 Å². The van der Waals surface area contributed by atoms with E-state index in [1.165, 1.54) is 54.6 Å². The lowest BCUT2D eigenvalue weighted by Gasteiger charge is -2.17. The van der Waals surface area contributed by atoms with Crippen molar-refractivity contribution in [2.45, 2.75) is 0 Å². The fraction of sp³-hybridized carbons (Fsp3) is 0.